The maximum Gasteiger partial charge on any atom is 0.159 e. The largest absolute Gasteiger partial charge is 0.378 e. The smallest absolute Gasteiger partial charge is 0.159 e. The molecule has 1 aliphatic heterocycles. The van der Waals surface area contributed by atoms with Crippen LogP contribution < -0.4 is 4.90 Å². The number of aromatic nitrogens is 5. The van der Waals surface area contributed by atoms with E-state index in [1.54, 1.807) is 18.5 Å². The Labute approximate surface area is 207 Å². The van der Waals surface area contributed by atoms with Gasteiger partial charge < -0.3 is 14.0 Å². The predicted octanol–water partition coefficient (Wildman–Crippen LogP) is 5.11. The van der Waals surface area contributed by atoms with Crippen LogP contribution >= 0.6 is 0 Å². The van der Waals surface area contributed by atoms with Crippen LogP contribution in [0.25, 0.3) is 33.9 Å². The zero-order valence-electron chi connectivity index (χ0n) is 19.9. The van der Waals surface area contributed by atoms with Gasteiger partial charge in [0.15, 0.2) is 5.65 Å². The lowest BCUT2D eigenvalue weighted by atomic mass is 9.89. The first-order chi connectivity index (χ1) is 17.6. The molecule has 6 rings (SSSR count). The quantitative estimate of drug-likeness (QED) is 0.348. The van der Waals surface area contributed by atoms with Crippen LogP contribution in [-0.4, -0.2) is 50.6 Å². The Balaban J connectivity index is 1.47. The number of hydrogen-bond donors (Lipinski definition) is 0. The van der Waals surface area contributed by atoms with Crippen LogP contribution in [0.15, 0.2) is 68.0 Å². The van der Waals surface area contributed by atoms with Gasteiger partial charge in [-0.05, 0) is 41.5 Å². The van der Waals surface area contributed by atoms with Gasteiger partial charge in [0.2, 0.25) is 0 Å². The number of nitrogens with zero attached hydrogens (tertiary/aromatic N) is 6. The van der Waals surface area contributed by atoms with Gasteiger partial charge in [0.1, 0.15) is 12.1 Å². The van der Waals surface area contributed by atoms with Gasteiger partial charge in [0.25, 0.3) is 0 Å². The lowest BCUT2D eigenvalue weighted by molar-refractivity contribution is 0.122. The summed E-state index contributed by atoms with van der Waals surface area (Å²) < 4.78 is 22.9. The van der Waals surface area contributed by atoms with E-state index in [4.69, 9.17) is 4.74 Å². The Bertz CT molecular complexity index is 1590. The molecule has 0 bridgehead atoms. The molecular formula is C28H25FN6O. The highest BCUT2D eigenvalue weighted by atomic mass is 19.1. The molecule has 2 aromatic carbocycles. The minimum atomic E-state index is -0.356. The lowest BCUT2D eigenvalue weighted by Crippen LogP contribution is -2.36. The summed E-state index contributed by atoms with van der Waals surface area (Å²) >= 11 is 0. The molecule has 1 fully saturated rings. The molecule has 0 amide bonds. The molecule has 0 saturated carbocycles. The average molecular weight is 481 g/mol. The highest BCUT2D eigenvalue weighted by molar-refractivity contribution is 5.94. The molecule has 4 heterocycles. The number of hydrogen-bond acceptors (Lipinski definition) is 6. The van der Waals surface area contributed by atoms with E-state index in [2.05, 4.69) is 31.4 Å². The monoisotopic (exact) mass is 480 g/mol. The van der Waals surface area contributed by atoms with Gasteiger partial charge in [-0.25, -0.2) is 19.3 Å². The summed E-state index contributed by atoms with van der Waals surface area (Å²) in [4.78, 5) is 20.4. The number of fused-ring (bicyclic) bond motifs is 2. The standard InChI is InChI=1S/C28H25FN6O/c1-3-19-14-24(29)23(16-22(19)18(2)26-28-31-7-9-35(28)8-6-30-26)27-21-5-4-20(15-25(21)32-17-33-27)34-10-12-36-13-11-34/h3-9,14-18H,1,10-13H2,2H3. The number of halogens is 1. The molecule has 3 aromatic heterocycles. The summed E-state index contributed by atoms with van der Waals surface area (Å²) in [5.74, 6) is -0.505. The number of morpholine rings is 1. The summed E-state index contributed by atoms with van der Waals surface area (Å²) in [6, 6.07) is 9.45. The molecule has 8 heteroatoms. The molecule has 0 radical (unpaired) electrons. The number of ether oxygens (including phenoxy) is 1. The predicted molar refractivity (Wildman–Crippen MR) is 139 cm³/mol. The summed E-state index contributed by atoms with van der Waals surface area (Å²) in [7, 11) is 0. The van der Waals surface area contributed by atoms with Crippen molar-refractivity contribution in [1.29, 1.82) is 0 Å². The van der Waals surface area contributed by atoms with Gasteiger partial charge in [-0.15, -0.1) is 0 Å². The van der Waals surface area contributed by atoms with E-state index in [0.717, 1.165) is 46.6 Å². The zero-order chi connectivity index (χ0) is 24.6. The molecular weight excluding hydrogens is 455 g/mol. The topological polar surface area (TPSA) is 68.4 Å². The number of imidazole rings is 1. The van der Waals surface area contributed by atoms with Crippen molar-refractivity contribution >= 4 is 28.3 Å². The second-order valence-corrected chi connectivity index (χ2v) is 8.88. The van der Waals surface area contributed by atoms with Crippen LogP contribution in [0.2, 0.25) is 0 Å². The Hall–Kier alpha value is -4.17. The Morgan fingerprint density at radius 2 is 1.83 bits per heavy atom. The van der Waals surface area contributed by atoms with E-state index in [-0.39, 0.29) is 11.7 Å². The number of anilines is 1. The summed E-state index contributed by atoms with van der Waals surface area (Å²) in [6.07, 6.45) is 10.4. The van der Waals surface area contributed by atoms with Crippen LogP contribution in [0.3, 0.4) is 0 Å². The molecule has 1 aliphatic rings. The zero-order valence-corrected chi connectivity index (χ0v) is 19.9. The molecule has 180 valence electrons. The van der Waals surface area contributed by atoms with E-state index < -0.39 is 0 Å². The third kappa shape index (κ3) is 3.79. The van der Waals surface area contributed by atoms with Crippen LogP contribution in [0, 0.1) is 5.82 Å². The maximum atomic E-state index is 15.5. The summed E-state index contributed by atoms with van der Waals surface area (Å²) in [6.45, 7) is 9.04. The van der Waals surface area contributed by atoms with Crippen molar-refractivity contribution in [2.45, 2.75) is 12.8 Å². The molecule has 1 saturated heterocycles. The minimum Gasteiger partial charge on any atom is -0.378 e. The summed E-state index contributed by atoms with van der Waals surface area (Å²) in [5, 5.41) is 0.798. The average Bonchev–Trinajstić information content (AvgIpc) is 3.42. The van der Waals surface area contributed by atoms with Crippen molar-refractivity contribution in [3.05, 3.63) is 90.7 Å². The molecule has 5 aromatic rings. The van der Waals surface area contributed by atoms with Crippen molar-refractivity contribution in [3.8, 4) is 11.3 Å². The van der Waals surface area contributed by atoms with Crippen LogP contribution in [0.1, 0.15) is 29.7 Å². The van der Waals surface area contributed by atoms with Gasteiger partial charge in [0.05, 0.1) is 30.1 Å². The van der Waals surface area contributed by atoms with E-state index in [9.17, 15) is 0 Å². The lowest BCUT2D eigenvalue weighted by Gasteiger charge is -2.29. The van der Waals surface area contributed by atoms with E-state index in [0.29, 0.717) is 30.0 Å². The first kappa shape index (κ1) is 22.3. The molecule has 1 unspecified atom stereocenters. The highest BCUT2D eigenvalue weighted by Crippen LogP contribution is 2.36. The number of rotatable bonds is 5. The van der Waals surface area contributed by atoms with Crippen molar-refractivity contribution in [2.24, 2.45) is 0 Å². The molecule has 36 heavy (non-hydrogen) atoms. The molecule has 7 nitrogen and oxygen atoms in total. The third-order valence-electron chi connectivity index (χ3n) is 6.86. The fraction of sp³-hybridized carbons (Fsp3) is 0.214. The first-order valence-electron chi connectivity index (χ1n) is 12.0. The fourth-order valence-electron chi connectivity index (χ4n) is 4.94. The van der Waals surface area contributed by atoms with E-state index >= 15 is 4.39 Å². The van der Waals surface area contributed by atoms with Gasteiger partial charge in [-0.1, -0.05) is 19.6 Å². The normalized spacial score (nSPS) is 14.9. The molecule has 0 spiro atoms. The van der Waals surface area contributed by atoms with Gasteiger partial charge in [-0.3, -0.25) is 4.98 Å². The molecule has 1 atom stereocenters. The summed E-state index contributed by atoms with van der Waals surface area (Å²) in [5.41, 5.74) is 6.03. The van der Waals surface area contributed by atoms with Crippen LogP contribution in [-0.2, 0) is 4.74 Å². The third-order valence-corrected chi connectivity index (χ3v) is 6.86. The molecule has 0 aliphatic carbocycles. The second kappa shape index (κ2) is 9.13. The molecule has 0 N–H and O–H groups in total. The maximum absolute atomic E-state index is 15.5. The fourth-order valence-corrected chi connectivity index (χ4v) is 4.94. The van der Waals surface area contributed by atoms with Gasteiger partial charge >= 0.3 is 0 Å². The van der Waals surface area contributed by atoms with Crippen LogP contribution in [0.5, 0.6) is 0 Å². The minimum absolute atomic E-state index is 0.149. The second-order valence-electron chi connectivity index (χ2n) is 8.88. The SMILES string of the molecule is C=Cc1cc(F)c(-c2ncnc3cc(N4CCOCC4)ccc23)cc1C(C)c1nccn2ccnc12. The van der Waals surface area contributed by atoms with Crippen molar-refractivity contribution in [3.63, 3.8) is 0 Å². The van der Waals surface area contributed by atoms with E-state index in [1.807, 2.05) is 48.0 Å². The first-order valence-corrected chi connectivity index (χ1v) is 12.0. The Kier molecular flexibility index (Phi) is 5.65. The highest BCUT2D eigenvalue weighted by Gasteiger charge is 2.22. The Morgan fingerprint density at radius 1 is 1.03 bits per heavy atom. The van der Waals surface area contributed by atoms with Gasteiger partial charge in [0, 0.05) is 60.4 Å². The van der Waals surface area contributed by atoms with Crippen molar-refractivity contribution in [2.75, 3.05) is 31.2 Å². The van der Waals surface area contributed by atoms with Crippen molar-refractivity contribution in [1.82, 2.24) is 24.3 Å². The number of benzene rings is 2. The van der Waals surface area contributed by atoms with Crippen LogP contribution in [0.4, 0.5) is 10.1 Å². The van der Waals surface area contributed by atoms with Crippen molar-refractivity contribution < 1.29 is 9.13 Å². The Morgan fingerprint density at radius 3 is 2.64 bits per heavy atom. The van der Waals surface area contributed by atoms with E-state index in [1.165, 1.54) is 12.4 Å². The van der Waals surface area contributed by atoms with Gasteiger partial charge in [-0.2, -0.15) is 0 Å².